The van der Waals surface area contributed by atoms with Crippen LogP contribution in [0.1, 0.15) is 32.1 Å². The van der Waals surface area contributed by atoms with E-state index in [2.05, 4.69) is 11.2 Å². The van der Waals surface area contributed by atoms with Crippen molar-refractivity contribution in [3.63, 3.8) is 0 Å². The minimum absolute atomic E-state index is 0.877. The molecule has 0 aromatic carbocycles. The molecule has 1 radical (unpaired) electrons. The summed E-state index contributed by atoms with van der Waals surface area (Å²) < 4.78 is 0. The van der Waals surface area contributed by atoms with Gasteiger partial charge in [-0.2, -0.15) is 0 Å². The topological polar surface area (TPSA) is 12.4 Å². The van der Waals surface area contributed by atoms with Crippen LogP contribution in [0.5, 0.6) is 0 Å². The third kappa shape index (κ3) is 1.09. The summed E-state index contributed by atoms with van der Waals surface area (Å²) in [7, 11) is 0. The Kier molecular flexibility index (Phi) is 1.74. The summed E-state index contributed by atoms with van der Waals surface area (Å²) in [5, 5.41) is 0. The molecule has 0 aromatic heterocycles. The van der Waals surface area contributed by atoms with E-state index in [4.69, 9.17) is 0 Å². The Labute approximate surface area is 62.5 Å². The van der Waals surface area contributed by atoms with Crippen molar-refractivity contribution in [2.45, 2.75) is 32.1 Å². The van der Waals surface area contributed by atoms with E-state index in [-0.39, 0.29) is 0 Å². The van der Waals surface area contributed by atoms with E-state index in [0.29, 0.717) is 0 Å². The lowest BCUT2D eigenvalue weighted by atomic mass is 9.90. The molecule has 1 heterocycles. The van der Waals surface area contributed by atoms with Crippen LogP contribution in [0.4, 0.5) is 0 Å². The van der Waals surface area contributed by atoms with Crippen LogP contribution in [0.2, 0.25) is 0 Å². The lowest BCUT2D eigenvalue weighted by Gasteiger charge is -2.14. The second kappa shape index (κ2) is 2.73. The fourth-order valence-electron chi connectivity index (χ4n) is 2.17. The summed E-state index contributed by atoms with van der Waals surface area (Å²) in [6.45, 7) is 1.07. The van der Waals surface area contributed by atoms with Gasteiger partial charge in [0.1, 0.15) is 0 Å². The number of aliphatic imine (C=N–C) groups is 1. The van der Waals surface area contributed by atoms with E-state index in [1.165, 1.54) is 25.7 Å². The zero-order valence-electron chi connectivity index (χ0n) is 6.34. The van der Waals surface area contributed by atoms with E-state index in [1.54, 1.807) is 0 Å². The van der Waals surface area contributed by atoms with Crippen molar-refractivity contribution in [3.8, 4) is 0 Å². The van der Waals surface area contributed by atoms with Crippen LogP contribution >= 0.6 is 0 Å². The van der Waals surface area contributed by atoms with Gasteiger partial charge in [0.15, 0.2) is 0 Å². The van der Waals surface area contributed by atoms with Crippen LogP contribution in [0, 0.1) is 11.8 Å². The van der Waals surface area contributed by atoms with Crippen molar-refractivity contribution in [2.75, 3.05) is 6.54 Å². The van der Waals surface area contributed by atoms with Gasteiger partial charge in [-0.25, -0.2) is 0 Å². The predicted molar refractivity (Wildman–Crippen MR) is 42.4 cm³/mol. The van der Waals surface area contributed by atoms with Crippen LogP contribution in [0.15, 0.2) is 4.99 Å². The fourth-order valence-corrected chi connectivity index (χ4v) is 2.17. The molecule has 2 aliphatic rings. The van der Waals surface area contributed by atoms with Crippen molar-refractivity contribution in [2.24, 2.45) is 16.8 Å². The summed E-state index contributed by atoms with van der Waals surface area (Å²) in [4.78, 5) is 4.16. The molecule has 1 heteroatoms. The van der Waals surface area contributed by atoms with E-state index >= 15 is 0 Å². The van der Waals surface area contributed by atoms with Gasteiger partial charge in [0.05, 0.1) is 6.21 Å². The molecule has 0 saturated heterocycles. The molecular formula is C9H14N. The van der Waals surface area contributed by atoms with Crippen molar-refractivity contribution in [1.29, 1.82) is 0 Å². The van der Waals surface area contributed by atoms with E-state index in [0.717, 1.165) is 24.8 Å². The highest BCUT2D eigenvalue weighted by atomic mass is 14.7. The third-order valence-corrected chi connectivity index (χ3v) is 2.86. The van der Waals surface area contributed by atoms with Crippen LogP contribution in [0.3, 0.4) is 0 Å². The average Bonchev–Trinajstić information content (AvgIpc) is 2.59. The van der Waals surface area contributed by atoms with Gasteiger partial charge in [-0.05, 0) is 18.3 Å². The summed E-state index contributed by atoms with van der Waals surface area (Å²) in [6.07, 6.45) is 10.1. The molecule has 1 atom stereocenters. The normalized spacial score (nSPS) is 33.8. The second-order valence-electron chi connectivity index (χ2n) is 3.51. The minimum Gasteiger partial charge on any atom is -0.288 e. The summed E-state index contributed by atoms with van der Waals surface area (Å²) in [6, 6.07) is 0. The first kappa shape index (κ1) is 6.38. The van der Waals surface area contributed by atoms with Crippen molar-refractivity contribution in [3.05, 3.63) is 0 Å². The van der Waals surface area contributed by atoms with Crippen LogP contribution in [-0.4, -0.2) is 12.8 Å². The highest BCUT2D eigenvalue weighted by Gasteiger charge is 2.25. The lowest BCUT2D eigenvalue weighted by Crippen LogP contribution is -2.10. The maximum Gasteiger partial charge on any atom is 0.0562 e. The van der Waals surface area contributed by atoms with Gasteiger partial charge in [-0.1, -0.05) is 25.7 Å². The van der Waals surface area contributed by atoms with Gasteiger partial charge < -0.3 is 0 Å². The molecule has 55 valence electrons. The first-order chi connectivity index (χ1) is 4.97. The molecule has 1 unspecified atom stereocenters. The van der Waals surface area contributed by atoms with Crippen molar-refractivity contribution < 1.29 is 0 Å². The maximum atomic E-state index is 4.16. The quantitative estimate of drug-likeness (QED) is 0.523. The molecule has 0 amide bonds. The lowest BCUT2D eigenvalue weighted by molar-refractivity contribution is 0.372. The first-order valence-corrected chi connectivity index (χ1v) is 4.36. The smallest absolute Gasteiger partial charge is 0.0562 e. The van der Waals surface area contributed by atoms with Gasteiger partial charge in [0.25, 0.3) is 0 Å². The van der Waals surface area contributed by atoms with Gasteiger partial charge >= 0.3 is 0 Å². The molecule has 1 fully saturated rings. The van der Waals surface area contributed by atoms with E-state index < -0.39 is 0 Å². The summed E-state index contributed by atoms with van der Waals surface area (Å²) in [5.41, 5.74) is 0. The van der Waals surface area contributed by atoms with Gasteiger partial charge in [0, 0.05) is 6.54 Å². The van der Waals surface area contributed by atoms with Crippen molar-refractivity contribution >= 4 is 6.21 Å². The van der Waals surface area contributed by atoms with Crippen LogP contribution in [0.25, 0.3) is 0 Å². The highest BCUT2D eigenvalue weighted by Crippen LogP contribution is 2.34. The molecule has 0 N–H and O–H groups in total. The third-order valence-electron chi connectivity index (χ3n) is 2.86. The molecule has 0 aromatic rings. The molecule has 1 saturated carbocycles. The number of rotatable bonds is 1. The SMILES string of the molecule is [C]1=NCC(C2CCCC2)C1. The molecule has 0 bridgehead atoms. The molecule has 1 aliphatic heterocycles. The standard InChI is InChI=1S/C9H14N/c1-2-4-8(3-1)9-5-6-10-7-9/h8-9H,1-5,7H2. The monoisotopic (exact) mass is 136 g/mol. The second-order valence-corrected chi connectivity index (χ2v) is 3.51. The Morgan fingerprint density at radius 3 is 2.50 bits per heavy atom. The Bertz CT molecular complexity index is 126. The maximum absolute atomic E-state index is 4.16. The Hall–Kier alpha value is -0.330. The average molecular weight is 136 g/mol. The number of hydrogen-bond acceptors (Lipinski definition) is 1. The minimum atomic E-state index is 0.877. The number of nitrogens with zero attached hydrogens (tertiary/aromatic N) is 1. The molecule has 10 heavy (non-hydrogen) atoms. The summed E-state index contributed by atoms with van der Waals surface area (Å²) in [5.74, 6) is 1.88. The van der Waals surface area contributed by atoms with E-state index in [9.17, 15) is 0 Å². The number of hydrogen-bond donors (Lipinski definition) is 0. The zero-order chi connectivity index (χ0) is 6.81. The molecule has 1 nitrogen and oxygen atoms in total. The Morgan fingerprint density at radius 2 is 1.90 bits per heavy atom. The molecule has 0 spiro atoms. The molecular weight excluding hydrogens is 122 g/mol. The fraction of sp³-hybridized carbons (Fsp3) is 0.889. The van der Waals surface area contributed by atoms with E-state index in [1.807, 2.05) is 0 Å². The van der Waals surface area contributed by atoms with Crippen LogP contribution < -0.4 is 0 Å². The van der Waals surface area contributed by atoms with Crippen molar-refractivity contribution in [1.82, 2.24) is 0 Å². The van der Waals surface area contributed by atoms with Crippen LogP contribution in [-0.2, 0) is 0 Å². The summed E-state index contributed by atoms with van der Waals surface area (Å²) >= 11 is 0. The van der Waals surface area contributed by atoms with Gasteiger partial charge in [-0.3, -0.25) is 4.99 Å². The zero-order valence-corrected chi connectivity index (χ0v) is 6.34. The Balaban J connectivity index is 1.87. The van der Waals surface area contributed by atoms with Gasteiger partial charge in [0.2, 0.25) is 0 Å². The Morgan fingerprint density at radius 1 is 1.10 bits per heavy atom. The predicted octanol–water partition coefficient (Wildman–Crippen LogP) is 2.14. The molecule has 2 rings (SSSR count). The molecule has 1 aliphatic carbocycles. The van der Waals surface area contributed by atoms with Gasteiger partial charge in [-0.15, -0.1) is 0 Å². The first-order valence-electron chi connectivity index (χ1n) is 4.36. The highest BCUT2D eigenvalue weighted by molar-refractivity contribution is 5.59. The largest absolute Gasteiger partial charge is 0.288 e.